The molecule has 27 nitrogen and oxygen atoms in total. The van der Waals surface area contributed by atoms with Gasteiger partial charge in [0.15, 0.2) is 22.8 Å². The summed E-state index contributed by atoms with van der Waals surface area (Å²) in [5.41, 5.74) is 4.50. The normalized spacial score (nSPS) is 34.0. The van der Waals surface area contributed by atoms with Crippen LogP contribution in [-0.4, -0.2) is 156 Å². The summed E-state index contributed by atoms with van der Waals surface area (Å²) in [6, 6.07) is 0. The zero-order valence-electron chi connectivity index (χ0n) is 45.3. The minimum Gasteiger partial charge on any atom is -0.393 e. The summed E-state index contributed by atoms with van der Waals surface area (Å²) in [6.07, 6.45) is 0.531. The summed E-state index contributed by atoms with van der Waals surface area (Å²) in [5.74, 6) is 0.407. The van der Waals surface area contributed by atoms with Gasteiger partial charge < -0.3 is 66.2 Å². The lowest BCUT2D eigenvalue weighted by Crippen LogP contribution is -2.58. The van der Waals surface area contributed by atoms with Crippen LogP contribution in [0.3, 0.4) is 0 Å². The Morgan fingerprint density at radius 1 is 0.911 bits per heavy atom. The van der Waals surface area contributed by atoms with Crippen LogP contribution in [0.5, 0.6) is 0 Å². The second kappa shape index (κ2) is 25.3. The zero-order chi connectivity index (χ0) is 58.2. The van der Waals surface area contributed by atoms with E-state index in [2.05, 4.69) is 55.2 Å². The van der Waals surface area contributed by atoms with E-state index in [9.17, 15) is 73.2 Å². The number of nitrogens with zero attached hydrogens (tertiary/aromatic N) is 4. The molecule has 5 fully saturated rings. The number of carbonyl (C=O) groups excluding carboxylic acids is 3. The van der Waals surface area contributed by atoms with E-state index in [0.717, 1.165) is 86.8 Å². The molecule has 79 heavy (non-hydrogen) atoms. The average molecular weight is 1200 g/mol. The lowest BCUT2D eigenvalue weighted by molar-refractivity contribution is -0.174. The van der Waals surface area contributed by atoms with Gasteiger partial charge in [0.05, 0.1) is 43.8 Å². The van der Waals surface area contributed by atoms with Crippen LogP contribution < -0.4 is 16.4 Å². The first-order valence-corrected chi connectivity index (χ1v) is 32.4. The van der Waals surface area contributed by atoms with Crippen LogP contribution in [0, 0.1) is 57.7 Å². The number of ether oxygens (including phenoxy) is 1. The monoisotopic (exact) mass is 1200 g/mol. The molecule has 4 aliphatic carbocycles. The summed E-state index contributed by atoms with van der Waals surface area (Å²) >= 11 is 1.00. The summed E-state index contributed by atoms with van der Waals surface area (Å²) in [4.78, 5) is 89.9. The van der Waals surface area contributed by atoms with Crippen molar-refractivity contribution >= 4 is 69.1 Å². The second-order valence-electron chi connectivity index (χ2n) is 23.6. The van der Waals surface area contributed by atoms with Crippen molar-refractivity contribution < 1.29 is 95.8 Å². The summed E-state index contributed by atoms with van der Waals surface area (Å²) in [5, 5.41) is 59.7. The van der Waals surface area contributed by atoms with Crippen molar-refractivity contribution in [3.8, 4) is 0 Å². The largest absolute Gasteiger partial charge is 0.481 e. The summed E-state index contributed by atoms with van der Waals surface area (Å²) in [7, 11) is -16.5. The van der Waals surface area contributed by atoms with Crippen LogP contribution in [0.1, 0.15) is 118 Å². The molecule has 0 aromatic carbocycles. The Labute approximate surface area is 462 Å². The van der Waals surface area contributed by atoms with Crippen LogP contribution >= 0.6 is 35.2 Å². The maximum absolute atomic E-state index is 13.1. The van der Waals surface area contributed by atoms with Crippen molar-refractivity contribution in [3.05, 3.63) is 12.7 Å². The van der Waals surface area contributed by atoms with Gasteiger partial charge in [-0.25, -0.2) is 28.6 Å². The van der Waals surface area contributed by atoms with Crippen LogP contribution in [0.4, 0.5) is 5.82 Å². The van der Waals surface area contributed by atoms with E-state index in [0.29, 0.717) is 36.0 Å². The maximum Gasteiger partial charge on any atom is 0.481 e. The molecule has 19 atom stereocenters. The molecule has 31 heteroatoms. The van der Waals surface area contributed by atoms with Crippen molar-refractivity contribution in [1.82, 2.24) is 30.2 Å². The molecule has 7 rings (SSSR count). The van der Waals surface area contributed by atoms with Gasteiger partial charge >= 0.3 is 23.5 Å². The van der Waals surface area contributed by atoms with E-state index in [1.165, 1.54) is 13.8 Å². The van der Waals surface area contributed by atoms with Gasteiger partial charge in [-0.3, -0.25) is 32.5 Å². The molecule has 5 aliphatic rings. The van der Waals surface area contributed by atoms with E-state index in [1.807, 2.05) is 0 Å². The Kier molecular flexibility index (Phi) is 20.5. The molecule has 2 aromatic heterocycles. The quantitative estimate of drug-likeness (QED) is 0.0502. The third-order valence-corrected chi connectivity index (χ3v) is 22.2. The predicted molar refractivity (Wildman–Crippen MR) is 283 cm³/mol. The van der Waals surface area contributed by atoms with Crippen molar-refractivity contribution in [2.24, 2.45) is 57.7 Å². The number of fused-ring (bicyclic) bond motifs is 6. The predicted octanol–water partition coefficient (Wildman–Crippen LogP) is 3.07. The van der Waals surface area contributed by atoms with E-state index in [4.69, 9.17) is 19.5 Å². The highest BCUT2D eigenvalue weighted by molar-refractivity contribution is 8.13. The molecular formula is C48H80N7O20P3S. The fraction of sp³-hybridized carbons (Fsp3) is 0.833. The van der Waals surface area contributed by atoms with Gasteiger partial charge in [0.2, 0.25) is 11.8 Å². The number of aliphatic hydroxyl groups excluding tert-OH is 5. The minimum atomic E-state index is -5.61. The number of amides is 2. The number of nitrogens with one attached hydrogen (secondary N) is 2. The van der Waals surface area contributed by atoms with E-state index in [-0.39, 0.29) is 76.3 Å². The maximum atomic E-state index is 13.1. The zero-order valence-corrected chi connectivity index (χ0v) is 48.8. The summed E-state index contributed by atoms with van der Waals surface area (Å²) in [6.45, 7) is 9.12. The molecule has 13 N–H and O–H groups in total. The topological polar surface area (TPSA) is 424 Å². The number of aromatic nitrogens is 4. The number of phosphoric ester groups is 3. The van der Waals surface area contributed by atoms with Crippen molar-refractivity contribution in [3.63, 3.8) is 0 Å². The molecule has 4 saturated carbocycles. The molecule has 448 valence electrons. The van der Waals surface area contributed by atoms with E-state index in [1.54, 1.807) is 6.92 Å². The number of nitrogens with two attached hydrogens (primary N) is 1. The number of imidazole rings is 1. The highest BCUT2D eigenvalue weighted by atomic mass is 32.2. The van der Waals surface area contributed by atoms with Crippen LogP contribution in [-0.2, 0) is 50.7 Å². The highest BCUT2D eigenvalue weighted by Crippen LogP contribution is 2.69. The Bertz CT molecular complexity index is 2640. The Morgan fingerprint density at radius 2 is 1.59 bits per heavy atom. The number of phosphoric acid groups is 3. The fourth-order valence-electron chi connectivity index (χ4n) is 13.6. The molecule has 1 saturated heterocycles. The third-order valence-electron chi connectivity index (χ3n) is 18.0. The van der Waals surface area contributed by atoms with E-state index >= 15 is 0 Å². The number of nitrogen functional groups attached to an aromatic ring is 1. The molecule has 0 radical (unpaired) electrons. The molecule has 2 amide bonds. The first-order chi connectivity index (χ1) is 36.8. The van der Waals surface area contributed by atoms with Gasteiger partial charge in [-0.15, -0.1) is 0 Å². The molecule has 1 aliphatic heterocycles. The average Bonchev–Trinajstić information content (AvgIpc) is 4.08. The lowest BCUT2D eigenvalue weighted by atomic mass is 9.43. The number of aliphatic hydroxyl groups is 5. The van der Waals surface area contributed by atoms with Crippen LogP contribution in [0.2, 0.25) is 0 Å². The van der Waals surface area contributed by atoms with Gasteiger partial charge in [0.1, 0.15) is 36.3 Å². The standard InChI is InChI=1S/C48H80N7O20P3S/c1-25(29-8-9-30-36-31(12-15-48(29,30)6)47(5)14-11-28(56)19-27(47)20-33(36)58)7-10-32(57)26(2)45(63)79-18-17-50-35(59)13-16-51-43(62)40(61)46(3,4)22-72-78(69,70)75-77(67,68)71-21-34-39(74-76(64,65)66)38(60)44(73-34)55-24-54-37-41(49)52-23-53-42(37)55/h23-34,36,38-40,44,56-58,60-61H,7-22H2,1-6H3,(H,50,59)(H,51,62)(H,67,68)(H,69,70)(H2,49,52,53)(H2,64,65,66)/t25-,26-,27+,28-,29-,30+,31+,32+,33-,34-,36+,38-,39-,40+,44-,47+,48-/m1/s1. The Balaban J connectivity index is 0.774. The molecular weight excluding hydrogens is 1120 g/mol. The smallest absolute Gasteiger partial charge is 0.393 e. The van der Waals surface area contributed by atoms with Gasteiger partial charge in [-0.2, -0.15) is 4.31 Å². The number of hydrogen-bond acceptors (Lipinski definition) is 21. The second-order valence-corrected chi connectivity index (χ2v) is 28.9. The Hall–Kier alpha value is -2.56. The number of thioether (sulfide) groups is 1. The van der Waals surface area contributed by atoms with Crippen molar-refractivity contribution in [2.45, 2.75) is 161 Å². The number of carbonyl (C=O) groups is 3. The highest BCUT2D eigenvalue weighted by Gasteiger charge is 2.63. The van der Waals surface area contributed by atoms with Crippen molar-refractivity contribution in [1.29, 1.82) is 0 Å². The molecule has 0 bridgehead atoms. The summed E-state index contributed by atoms with van der Waals surface area (Å²) < 4.78 is 62.8. The molecule has 3 heterocycles. The number of anilines is 1. The van der Waals surface area contributed by atoms with Gasteiger partial charge in [-0.05, 0) is 111 Å². The first kappa shape index (κ1) is 64.0. The van der Waals surface area contributed by atoms with Crippen LogP contribution in [0.15, 0.2) is 12.7 Å². The molecule has 2 unspecified atom stereocenters. The minimum absolute atomic E-state index is 0.0236. The van der Waals surface area contributed by atoms with Crippen molar-refractivity contribution in [2.75, 3.05) is 37.8 Å². The lowest BCUT2D eigenvalue weighted by Gasteiger charge is -2.62. The number of hydrogen-bond donors (Lipinski definition) is 12. The SMILES string of the molecule is C[C@H](CC[C@H](O)[C@@H](C)C(=O)SCCNC(=O)CCNC(=O)[C@H](O)C(C)(C)COP(=O)(O)OP(=O)(O)OC[C@H]1O[C@@H](n2cnc3c(N)ncnc32)[C@H](O)[C@@H]1OP(=O)(O)O)[C@H]1CC[C@H]2[C@@H]3[C@H](O)C[C@@H]4C[C@H](O)CC[C@]4(C)[C@H]3CC[C@]12C. The van der Waals surface area contributed by atoms with Gasteiger partial charge in [-0.1, -0.05) is 53.3 Å². The van der Waals surface area contributed by atoms with Gasteiger partial charge in [0.25, 0.3) is 0 Å². The molecule has 2 aromatic rings. The van der Waals surface area contributed by atoms with Crippen LogP contribution in [0.25, 0.3) is 11.2 Å². The fourth-order valence-corrected chi connectivity index (χ4v) is 17.3. The molecule has 0 spiro atoms. The third kappa shape index (κ3) is 14.9. The Morgan fingerprint density at radius 3 is 2.30 bits per heavy atom. The number of rotatable bonds is 25. The first-order valence-electron chi connectivity index (χ1n) is 26.9. The van der Waals surface area contributed by atoms with E-state index < -0.39 is 96.6 Å². The van der Waals surface area contributed by atoms with Gasteiger partial charge in [0, 0.05) is 30.7 Å².